The van der Waals surface area contributed by atoms with Gasteiger partial charge in [-0.25, -0.2) is 9.50 Å². The third-order valence-corrected chi connectivity index (χ3v) is 7.03. The number of aliphatic imine (C=N–C) groups is 2. The first-order chi connectivity index (χ1) is 18.3. The lowest BCUT2D eigenvalue weighted by Gasteiger charge is -2.34. The molecule has 5 heterocycles. The molecule has 4 aromatic rings. The van der Waals surface area contributed by atoms with Crippen LogP contribution in [0, 0.1) is 0 Å². The highest BCUT2D eigenvalue weighted by molar-refractivity contribution is 6.04. The zero-order valence-corrected chi connectivity index (χ0v) is 20.7. The summed E-state index contributed by atoms with van der Waals surface area (Å²) in [5, 5.41) is 11.1. The van der Waals surface area contributed by atoms with Crippen LogP contribution in [-0.2, 0) is 6.54 Å². The molecule has 6 rings (SSSR count). The Morgan fingerprint density at radius 2 is 2.05 bits per heavy atom. The van der Waals surface area contributed by atoms with Crippen LogP contribution in [0.2, 0.25) is 0 Å². The van der Waals surface area contributed by atoms with E-state index < -0.39 is 0 Å². The second-order valence-corrected chi connectivity index (χ2v) is 9.40. The van der Waals surface area contributed by atoms with Crippen molar-refractivity contribution in [3.8, 4) is 0 Å². The molecular formula is C27H30N10. The number of rotatable bonds is 7. The molecule has 1 aliphatic heterocycles. The standard InChI is InChI=1S/C27H30N10/c1-28-22-18-30-17-21(20-5-4-6-20)25(22)26(36-13-10-29-11-14-36)32-16-19-8-9-31-23(15-19)33-27-34-24-7-2-3-12-37(24)35-27/h2-3,7-9,12,15,17-18,20,29H,1,4-6,10-11,13-14,16H2,(H,31,33,35). The number of amidine groups is 1. The molecule has 0 radical (unpaired) electrons. The highest BCUT2D eigenvalue weighted by atomic mass is 15.3. The topological polar surface area (TPSA) is 108 Å². The van der Waals surface area contributed by atoms with E-state index in [0.29, 0.717) is 24.2 Å². The van der Waals surface area contributed by atoms with Crippen LogP contribution in [0.25, 0.3) is 5.65 Å². The first kappa shape index (κ1) is 23.2. The summed E-state index contributed by atoms with van der Waals surface area (Å²) in [6.45, 7) is 7.99. The maximum absolute atomic E-state index is 5.19. The molecule has 0 spiro atoms. The minimum atomic E-state index is 0.504. The molecule has 0 aromatic carbocycles. The monoisotopic (exact) mass is 494 g/mol. The maximum Gasteiger partial charge on any atom is 0.248 e. The molecule has 0 bridgehead atoms. The van der Waals surface area contributed by atoms with Gasteiger partial charge in [-0.15, -0.1) is 5.10 Å². The molecular weight excluding hydrogens is 464 g/mol. The van der Waals surface area contributed by atoms with Crippen LogP contribution in [-0.4, -0.2) is 68.2 Å². The Hall–Kier alpha value is -4.18. The number of piperazine rings is 1. The fraction of sp³-hybridized carbons (Fsp3) is 0.333. The van der Waals surface area contributed by atoms with Crippen LogP contribution >= 0.6 is 0 Å². The van der Waals surface area contributed by atoms with Crippen molar-refractivity contribution < 1.29 is 0 Å². The summed E-state index contributed by atoms with van der Waals surface area (Å²) in [4.78, 5) is 25.4. The Kier molecular flexibility index (Phi) is 6.55. The molecule has 10 nitrogen and oxygen atoms in total. The second-order valence-electron chi connectivity index (χ2n) is 9.40. The number of nitrogens with one attached hydrogen (secondary N) is 2. The largest absolute Gasteiger partial charge is 0.354 e. The summed E-state index contributed by atoms with van der Waals surface area (Å²) in [6, 6.07) is 9.76. The lowest BCUT2D eigenvalue weighted by Crippen LogP contribution is -2.47. The number of hydrogen-bond acceptors (Lipinski definition) is 8. The summed E-state index contributed by atoms with van der Waals surface area (Å²) < 4.78 is 1.73. The molecule has 37 heavy (non-hydrogen) atoms. The van der Waals surface area contributed by atoms with Crippen molar-refractivity contribution in [3.63, 3.8) is 0 Å². The van der Waals surface area contributed by atoms with Crippen molar-refractivity contribution in [3.05, 3.63) is 71.8 Å². The lowest BCUT2D eigenvalue weighted by atomic mass is 9.78. The van der Waals surface area contributed by atoms with Crippen LogP contribution in [0.3, 0.4) is 0 Å². The zero-order chi connectivity index (χ0) is 25.0. The SMILES string of the molecule is C=Nc1cncc(C2CCC2)c1C(=NCc1ccnc(Nc2nc3ccccn3n2)c1)N1CCNCC1. The van der Waals surface area contributed by atoms with Crippen molar-refractivity contribution in [2.75, 3.05) is 31.5 Å². The molecule has 0 atom stereocenters. The van der Waals surface area contributed by atoms with E-state index in [9.17, 15) is 0 Å². The van der Waals surface area contributed by atoms with Gasteiger partial charge in [0.15, 0.2) is 5.65 Å². The van der Waals surface area contributed by atoms with E-state index in [1.165, 1.54) is 24.8 Å². The van der Waals surface area contributed by atoms with Gasteiger partial charge >= 0.3 is 0 Å². The van der Waals surface area contributed by atoms with Gasteiger partial charge in [0.1, 0.15) is 11.7 Å². The van der Waals surface area contributed by atoms with Gasteiger partial charge in [-0.2, -0.15) is 4.98 Å². The molecule has 1 saturated carbocycles. The normalized spacial score (nSPS) is 16.5. The molecule has 2 N–H and O–H groups in total. The van der Waals surface area contributed by atoms with Gasteiger partial charge in [0.25, 0.3) is 0 Å². The predicted molar refractivity (Wildman–Crippen MR) is 145 cm³/mol. The summed E-state index contributed by atoms with van der Waals surface area (Å²) in [7, 11) is 0. The van der Waals surface area contributed by atoms with Gasteiger partial charge in [-0.05, 0) is 60.9 Å². The molecule has 188 valence electrons. The van der Waals surface area contributed by atoms with Crippen molar-refractivity contribution in [2.45, 2.75) is 31.7 Å². The predicted octanol–water partition coefficient (Wildman–Crippen LogP) is 3.71. The summed E-state index contributed by atoms with van der Waals surface area (Å²) in [5.41, 5.74) is 4.94. The Balaban J connectivity index is 1.31. The maximum atomic E-state index is 5.19. The summed E-state index contributed by atoms with van der Waals surface area (Å²) in [5.74, 6) is 2.66. The Bertz CT molecular complexity index is 1400. The van der Waals surface area contributed by atoms with Crippen molar-refractivity contribution in [1.82, 2.24) is 34.8 Å². The molecule has 10 heteroatoms. The molecule has 0 unspecified atom stereocenters. The lowest BCUT2D eigenvalue weighted by molar-refractivity contribution is 0.355. The first-order valence-corrected chi connectivity index (χ1v) is 12.8. The van der Waals surface area contributed by atoms with E-state index in [4.69, 9.17) is 4.99 Å². The average Bonchev–Trinajstić information content (AvgIpc) is 3.31. The fourth-order valence-electron chi connectivity index (χ4n) is 4.88. The third-order valence-electron chi connectivity index (χ3n) is 7.03. The van der Waals surface area contributed by atoms with E-state index in [-0.39, 0.29) is 0 Å². The van der Waals surface area contributed by atoms with Crippen molar-refractivity contribution >= 4 is 35.7 Å². The molecule has 4 aromatic heterocycles. The molecule has 1 aliphatic carbocycles. The third kappa shape index (κ3) is 4.92. The van der Waals surface area contributed by atoms with Crippen molar-refractivity contribution in [1.29, 1.82) is 0 Å². The number of hydrogen-bond donors (Lipinski definition) is 2. The van der Waals surface area contributed by atoms with Crippen LogP contribution in [0.5, 0.6) is 0 Å². The van der Waals surface area contributed by atoms with Gasteiger partial charge < -0.3 is 15.5 Å². The highest BCUT2D eigenvalue weighted by Gasteiger charge is 2.28. The van der Waals surface area contributed by atoms with Crippen LogP contribution in [0.4, 0.5) is 17.5 Å². The minimum absolute atomic E-state index is 0.504. The summed E-state index contributed by atoms with van der Waals surface area (Å²) in [6.07, 6.45) is 11.1. The first-order valence-electron chi connectivity index (χ1n) is 12.8. The van der Waals surface area contributed by atoms with E-state index in [1.807, 2.05) is 42.7 Å². The zero-order valence-electron chi connectivity index (χ0n) is 20.7. The molecule has 2 aliphatic rings. The van der Waals surface area contributed by atoms with Gasteiger partial charge in [-0.3, -0.25) is 15.0 Å². The number of fused-ring (bicyclic) bond motifs is 1. The van der Waals surface area contributed by atoms with E-state index in [0.717, 1.165) is 54.5 Å². The van der Waals surface area contributed by atoms with E-state index in [1.54, 1.807) is 16.9 Å². The highest BCUT2D eigenvalue weighted by Crippen LogP contribution is 2.40. The van der Waals surface area contributed by atoms with Crippen LogP contribution in [0.15, 0.2) is 65.1 Å². The summed E-state index contributed by atoms with van der Waals surface area (Å²) >= 11 is 0. The van der Waals surface area contributed by atoms with Gasteiger partial charge in [-0.1, -0.05) is 12.5 Å². The van der Waals surface area contributed by atoms with E-state index >= 15 is 0 Å². The van der Waals surface area contributed by atoms with Crippen LogP contribution < -0.4 is 10.6 Å². The molecule has 2 fully saturated rings. The number of pyridine rings is 3. The Morgan fingerprint density at radius 3 is 2.84 bits per heavy atom. The van der Waals surface area contributed by atoms with Gasteiger partial charge in [0, 0.05) is 50.3 Å². The number of nitrogens with zero attached hydrogens (tertiary/aromatic N) is 8. The van der Waals surface area contributed by atoms with Crippen molar-refractivity contribution in [2.24, 2.45) is 9.98 Å². The van der Waals surface area contributed by atoms with Gasteiger partial charge in [0.2, 0.25) is 5.95 Å². The molecule has 0 amide bonds. The molecule has 1 saturated heterocycles. The van der Waals surface area contributed by atoms with Gasteiger partial charge in [0.05, 0.1) is 18.4 Å². The van der Waals surface area contributed by atoms with E-state index in [2.05, 4.69) is 47.3 Å². The number of aromatic nitrogens is 5. The number of anilines is 2. The Morgan fingerprint density at radius 1 is 1.16 bits per heavy atom. The quantitative estimate of drug-likeness (QED) is 0.298. The second kappa shape index (κ2) is 10.4. The average molecular weight is 495 g/mol. The van der Waals surface area contributed by atoms with Crippen LogP contribution in [0.1, 0.15) is 41.9 Å². The smallest absolute Gasteiger partial charge is 0.248 e. The Labute approximate surface area is 215 Å². The fourth-order valence-corrected chi connectivity index (χ4v) is 4.88. The minimum Gasteiger partial charge on any atom is -0.354 e.